The fourth-order valence-electron chi connectivity index (χ4n) is 1.25. The van der Waals surface area contributed by atoms with Gasteiger partial charge in [-0.05, 0) is 12.5 Å². The Bertz CT molecular complexity index is 429. The normalized spacial score (nSPS) is 9.93. The molecule has 0 aliphatic rings. The predicted molar refractivity (Wildman–Crippen MR) is 57.5 cm³/mol. The maximum absolute atomic E-state index is 5.52. The lowest BCUT2D eigenvalue weighted by atomic mass is 10.2. The summed E-state index contributed by atoms with van der Waals surface area (Å²) in [4.78, 5) is 8.16. The third-order valence-corrected chi connectivity index (χ3v) is 1.98. The van der Waals surface area contributed by atoms with Crippen LogP contribution in [0.5, 0.6) is 5.88 Å². The van der Waals surface area contributed by atoms with Crippen molar-refractivity contribution < 1.29 is 4.74 Å². The van der Waals surface area contributed by atoms with E-state index in [1.807, 2.05) is 37.3 Å². The highest BCUT2D eigenvalue weighted by atomic mass is 16.5. The van der Waals surface area contributed by atoms with Crippen LogP contribution in [0.2, 0.25) is 0 Å². The smallest absolute Gasteiger partial charge is 0.216 e. The summed E-state index contributed by atoms with van der Waals surface area (Å²) in [6.45, 7) is 2.38. The quantitative estimate of drug-likeness (QED) is 0.762. The van der Waals surface area contributed by atoms with E-state index < -0.39 is 0 Å². The van der Waals surface area contributed by atoms with Gasteiger partial charge in [-0.3, -0.25) is 0 Å². The molecule has 0 saturated carbocycles. The zero-order valence-electron chi connectivity index (χ0n) is 8.55. The van der Waals surface area contributed by atoms with Crippen molar-refractivity contribution in [2.24, 2.45) is 0 Å². The molecule has 0 unspecified atom stereocenters. The highest BCUT2D eigenvalue weighted by Gasteiger charge is 1.96. The summed E-state index contributed by atoms with van der Waals surface area (Å²) in [5.41, 5.74) is 1.13. The highest BCUT2D eigenvalue weighted by molar-refractivity contribution is 5.15. The number of nitrogens with zero attached hydrogens (tertiary/aromatic N) is 2. The molecule has 76 valence electrons. The zero-order chi connectivity index (χ0) is 10.5. The van der Waals surface area contributed by atoms with E-state index in [9.17, 15) is 0 Å². The van der Waals surface area contributed by atoms with Crippen LogP contribution in [-0.4, -0.2) is 9.97 Å². The van der Waals surface area contributed by atoms with E-state index in [1.165, 1.54) is 0 Å². The van der Waals surface area contributed by atoms with E-state index >= 15 is 0 Å². The lowest BCUT2D eigenvalue weighted by molar-refractivity contribution is 0.292. The first-order chi connectivity index (χ1) is 7.34. The predicted octanol–water partition coefficient (Wildman–Crippen LogP) is 2.36. The number of benzene rings is 1. The topological polar surface area (TPSA) is 35.0 Å². The molecule has 0 amide bonds. The Morgan fingerprint density at radius 2 is 1.93 bits per heavy atom. The SMILES string of the molecule is Cc1nccc(OCc2ccccc2)n1. The van der Waals surface area contributed by atoms with Gasteiger partial charge >= 0.3 is 0 Å². The molecule has 0 aliphatic carbocycles. The first-order valence-corrected chi connectivity index (χ1v) is 4.81. The van der Waals surface area contributed by atoms with Gasteiger partial charge < -0.3 is 4.74 Å². The molecule has 0 atom stereocenters. The van der Waals surface area contributed by atoms with E-state index in [1.54, 1.807) is 12.3 Å². The maximum atomic E-state index is 5.52. The van der Waals surface area contributed by atoms with Gasteiger partial charge in [0.05, 0.1) is 0 Å². The molecule has 2 rings (SSSR count). The lowest BCUT2D eigenvalue weighted by Crippen LogP contribution is -1.98. The van der Waals surface area contributed by atoms with E-state index in [-0.39, 0.29) is 0 Å². The fourth-order valence-corrected chi connectivity index (χ4v) is 1.25. The molecule has 3 heteroatoms. The number of hydrogen-bond donors (Lipinski definition) is 0. The van der Waals surface area contributed by atoms with Gasteiger partial charge in [-0.2, -0.15) is 4.98 Å². The molecule has 0 aliphatic heterocycles. The van der Waals surface area contributed by atoms with Crippen molar-refractivity contribution in [3.05, 3.63) is 54.0 Å². The van der Waals surface area contributed by atoms with Crippen LogP contribution in [-0.2, 0) is 6.61 Å². The van der Waals surface area contributed by atoms with Crippen molar-refractivity contribution in [2.75, 3.05) is 0 Å². The summed E-state index contributed by atoms with van der Waals surface area (Å²) in [6, 6.07) is 11.8. The highest BCUT2D eigenvalue weighted by Crippen LogP contribution is 2.08. The van der Waals surface area contributed by atoms with Crippen molar-refractivity contribution in [1.82, 2.24) is 9.97 Å². The lowest BCUT2D eigenvalue weighted by Gasteiger charge is -2.04. The number of rotatable bonds is 3. The molecule has 1 heterocycles. The van der Waals surface area contributed by atoms with Gasteiger partial charge in [0.2, 0.25) is 5.88 Å². The van der Waals surface area contributed by atoms with Gasteiger partial charge in [0.1, 0.15) is 12.4 Å². The molecule has 0 N–H and O–H groups in total. The number of ether oxygens (including phenoxy) is 1. The second-order valence-electron chi connectivity index (χ2n) is 3.22. The minimum absolute atomic E-state index is 0.539. The minimum atomic E-state index is 0.539. The van der Waals surface area contributed by atoms with Gasteiger partial charge in [0.15, 0.2) is 0 Å². The van der Waals surface area contributed by atoms with Crippen LogP contribution in [0.4, 0.5) is 0 Å². The zero-order valence-corrected chi connectivity index (χ0v) is 8.55. The maximum Gasteiger partial charge on any atom is 0.216 e. The molecule has 0 fully saturated rings. The van der Waals surface area contributed by atoms with Crippen molar-refractivity contribution >= 4 is 0 Å². The minimum Gasteiger partial charge on any atom is -0.473 e. The largest absolute Gasteiger partial charge is 0.473 e. The molecular weight excluding hydrogens is 188 g/mol. The van der Waals surface area contributed by atoms with Crippen LogP contribution in [0, 0.1) is 6.92 Å². The monoisotopic (exact) mass is 200 g/mol. The Labute approximate surface area is 88.8 Å². The second kappa shape index (κ2) is 4.55. The summed E-state index contributed by atoms with van der Waals surface area (Å²) in [5.74, 6) is 1.34. The van der Waals surface area contributed by atoms with Gasteiger partial charge in [0, 0.05) is 12.3 Å². The molecule has 0 spiro atoms. The van der Waals surface area contributed by atoms with Gasteiger partial charge in [0.25, 0.3) is 0 Å². The van der Waals surface area contributed by atoms with Gasteiger partial charge in [-0.15, -0.1) is 0 Å². The Morgan fingerprint density at radius 1 is 1.13 bits per heavy atom. The molecule has 15 heavy (non-hydrogen) atoms. The molecule has 2 aromatic rings. The van der Waals surface area contributed by atoms with Crippen molar-refractivity contribution in [1.29, 1.82) is 0 Å². The third-order valence-electron chi connectivity index (χ3n) is 1.98. The molecule has 1 aromatic heterocycles. The Kier molecular flexibility index (Phi) is 2.93. The average Bonchev–Trinajstić information content (AvgIpc) is 2.28. The van der Waals surface area contributed by atoms with E-state index in [0.29, 0.717) is 12.5 Å². The molecule has 3 nitrogen and oxygen atoms in total. The van der Waals surface area contributed by atoms with Crippen LogP contribution < -0.4 is 4.74 Å². The number of aromatic nitrogens is 2. The van der Waals surface area contributed by atoms with E-state index in [2.05, 4.69) is 9.97 Å². The molecular formula is C12H12N2O. The molecule has 1 aromatic carbocycles. The summed E-state index contributed by atoms with van der Waals surface area (Å²) >= 11 is 0. The molecule has 0 saturated heterocycles. The summed E-state index contributed by atoms with van der Waals surface area (Å²) in [5, 5.41) is 0. The molecule has 0 radical (unpaired) electrons. The van der Waals surface area contributed by atoms with Crippen LogP contribution in [0.3, 0.4) is 0 Å². The Balaban J connectivity index is 1.99. The fraction of sp³-hybridized carbons (Fsp3) is 0.167. The Morgan fingerprint density at radius 3 is 2.67 bits per heavy atom. The second-order valence-corrected chi connectivity index (χ2v) is 3.22. The van der Waals surface area contributed by atoms with Crippen LogP contribution in [0.25, 0.3) is 0 Å². The standard InChI is InChI=1S/C12H12N2O/c1-10-13-8-7-12(14-10)15-9-11-5-3-2-4-6-11/h2-8H,9H2,1H3. The van der Waals surface area contributed by atoms with Crippen molar-refractivity contribution in [3.8, 4) is 5.88 Å². The van der Waals surface area contributed by atoms with Crippen molar-refractivity contribution in [3.63, 3.8) is 0 Å². The summed E-state index contributed by atoms with van der Waals surface area (Å²) in [6.07, 6.45) is 1.70. The van der Waals surface area contributed by atoms with E-state index in [0.717, 1.165) is 11.4 Å². The van der Waals surface area contributed by atoms with Crippen LogP contribution in [0.15, 0.2) is 42.6 Å². The van der Waals surface area contributed by atoms with E-state index in [4.69, 9.17) is 4.74 Å². The van der Waals surface area contributed by atoms with Crippen molar-refractivity contribution in [2.45, 2.75) is 13.5 Å². The van der Waals surface area contributed by atoms with Crippen LogP contribution >= 0.6 is 0 Å². The summed E-state index contributed by atoms with van der Waals surface area (Å²) < 4.78 is 5.52. The first-order valence-electron chi connectivity index (χ1n) is 4.81. The number of hydrogen-bond acceptors (Lipinski definition) is 3. The average molecular weight is 200 g/mol. The van der Waals surface area contributed by atoms with Gasteiger partial charge in [-0.25, -0.2) is 4.98 Å². The summed E-state index contributed by atoms with van der Waals surface area (Å²) in [7, 11) is 0. The number of aryl methyl sites for hydroxylation is 1. The molecule has 0 bridgehead atoms. The van der Waals surface area contributed by atoms with Gasteiger partial charge in [-0.1, -0.05) is 30.3 Å². The Hall–Kier alpha value is -1.90. The van der Waals surface area contributed by atoms with Crippen LogP contribution in [0.1, 0.15) is 11.4 Å². The first kappa shape index (κ1) is 9.65. The third kappa shape index (κ3) is 2.77.